The maximum Gasteiger partial charge on any atom is 0.0301 e. The van der Waals surface area contributed by atoms with E-state index >= 15 is 0 Å². The highest BCUT2D eigenvalue weighted by molar-refractivity contribution is 5.34. The Kier molecular flexibility index (Phi) is 4.46. The van der Waals surface area contributed by atoms with E-state index in [2.05, 4.69) is 71.3 Å². The Balaban J connectivity index is 1.95. The van der Waals surface area contributed by atoms with Gasteiger partial charge in [-0.1, -0.05) is 60.7 Å². The van der Waals surface area contributed by atoms with Crippen LogP contribution in [0.15, 0.2) is 60.7 Å². The number of rotatable bonds is 3. The van der Waals surface area contributed by atoms with Crippen LogP contribution in [0.3, 0.4) is 0 Å². The Morgan fingerprint density at radius 3 is 2.00 bits per heavy atom. The Morgan fingerprint density at radius 2 is 1.40 bits per heavy atom. The molecule has 1 aliphatic heterocycles. The molecule has 1 atom stereocenters. The molecule has 20 heavy (non-hydrogen) atoms. The molecule has 1 heterocycles. The van der Waals surface area contributed by atoms with E-state index in [1.807, 2.05) is 0 Å². The Bertz CT molecular complexity index is 462. The fourth-order valence-corrected chi connectivity index (χ4v) is 3.04. The molecule has 0 saturated carbocycles. The third kappa shape index (κ3) is 3.09. The number of hydrogen-bond donors (Lipinski definition) is 2. The van der Waals surface area contributed by atoms with Gasteiger partial charge in [0.2, 0.25) is 0 Å². The highest BCUT2D eigenvalue weighted by atomic mass is 15.0. The molecular weight excluding hydrogens is 244 g/mol. The standard InChI is InChI=1S/C18H22N2/c1-3-8-15(9-4-1)18(16-10-5-2-6-11-16)17-14-19-12-7-13-20-17/h1-6,8-11,17-20H,7,12-14H2. The monoisotopic (exact) mass is 266 g/mol. The summed E-state index contributed by atoms with van der Waals surface area (Å²) in [6, 6.07) is 22.1. The van der Waals surface area contributed by atoms with Gasteiger partial charge in [0.1, 0.15) is 0 Å². The first-order valence-corrected chi connectivity index (χ1v) is 7.49. The van der Waals surface area contributed by atoms with Crippen LogP contribution in [0.2, 0.25) is 0 Å². The molecular formula is C18H22N2. The van der Waals surface area contributed by atoms with E-state index < -0.39 is 0 Å². The molecule has 2 nitrogen and oxygen atoms in total. The van der Waals surface area contributed by atoms with Crippen LogP contribution >= 0.6 is 0 Å². The summed E-state index contributed by atoms with van der Waals surface area (Å²) < 4.78 is 0. The number of benzene rings is 2. The molecule has 104 valence electrons. The van der Waals surface area contributed by atoms with Crippen LogP contribution in [0.1, 0.15) is 23.5 Å². The van der Waals surface area contributed by atoms with E-state index in [-0.39, 0.29) is 0 Å². The van der Waals surface area contributed by atoms with Gasteiger partial charge in [-0.3, -0.25) is 0 Å². The predicted octanol–water partition coefficient (Wildman–Crippen LogP) is 2.77. The molecule has 0 aromatic heterocycles. The summed E-state index contributed by atoms with van der Waals surface area (Å²) in [5.74, 6) is 0.406. The van der Waals surface area contributed by atoms with Crippen molar-refractivity contribution < 1.29 is 0 Å². The molecule has 0 amide bonds. The Hall–Kier alpha value is -1.64. The molecule has 2 aromatic rings. The van der Waals surface area contributed by atoms with Crippen LogP contribution in [0, 0.1) is 0 Å². The summed E-state index contributed by atoms with van der Waals surface area (Å²) in [7, 11) is 0. The zero-order chi connectivity index (χ0) is 13.6. The molecule has 2 aromatic carbocycles. The van der Waals surface area contributed by atoms with Gasteiger partial charge >= 0.3 is 0 Å². The van der Waals surface area contributed by atoms with Crippen LogP contribution in [0.4, 0.5) is 0 Å². The fourth-order valence-electron chi connectivity index (χ4n) is 3.04. The summed E-state index contributed by atoms with van der Waals surface area (Å²) >= 11 is 0. The van der Waals surface area contributed by atoms with E-state index in [0.717, 1.165) is 19.6 Å². The molecule has 1 aliphatic rings. The van der Waals surface area contributed by atoms with E-state index in [1.54, 1.807) is 0 Å². The molecule has 1 fully saturated rings. The van der Waals surface area contributed by atoms with Crippen molar-refractivity contribution >= 4 is 0 Å². The zero-order valence-electron chi connectivity index (χ0n) is 11.8. The van der Waals surface area contributed by atoms with Crippen molar-refractivity contribution in [3.63, 3.8) is 0 Å². The molecule has 0 spiro atoms. The number of nitrogens with one attached hydrogen (secondary N) is 2. The largest absolute Gasteiger partial charge is 0.315 e. The second kappa shape index (κ2) is 6.69. The summed E-state index contributed by atoms with van der Waals surface area (Å²) in [5, 5.41) is 7.27. The van der Waals surface area contributed by atoms with Crippen LogP contribution in [0.25, 0.3) is 0 Å². The van der Waals surface area contributed by atoms with Gasteiger partial charge in [-0.05, 0) is 30.6 Å². The SMILES string of the molecule is c1ccc(C(c2ccccc2)C2CNCCCN2)cc1. The minimum absolute atomic E-state index is 0.406. The Labute approximate surface area is 121 Å². The van der Waals surface area contributed by atoms with Crippen molar-refractivity contribution in [2.45, 2.75) is 18.4 Å². The zero-order valence-corrected chi connectivity index (χ0v) is 11.8. The van der Waals surface area contributed by atoms with E-state index in [0.29, 0.717) is 12.0 Å². The summed E-state index contributed by atoms with van der Waals surface area (Å²) in [5.41, 5.74) is 2.78. The molecule has 0 aliphatic carbocycles. The quantitative estimate of drug-likeness (QED) is 0.892. The summed E-state index contributed by atoms with van der Waals surface area (Å²) in [4.78, 5) is 0. The van der Waals surface area contributed by atoms with Gasteiger partial charge in [0, 0.05) is 18.5 Å². The van der Waals surface area contributed by atoms with Crippen LogP contribution in [-0.4, -0.2) is 25.7 Å². The van der Waals surface area contributed by atoms with Gasteiger partial charge < -0.3 is 10.6 Å². The van der Waals surface area contributed by atoms with E-state index in [1.165, 1.54) is 17.5 Å². The van der Waals surface area contributed by atoms with Crippen molar-refractivity contribution in [2.75, 3.05) is 19.6 Å². The lowest BCUT2D eigenvalue weighted by molar-refractivity contribution is 0.479. The minimum Gasteiger partial charge on any atom is -0.315 e. The van der Waals surface area contributed by atoms with Crippen molar-refractivity contribution in [1.29, 1.82) is 0 Å². The first kappa shape index (κ1) is 13.3. The van der Waals surface area contributed by atoms with E-state index in [9.17, 15) is 0 Å². The highest BCUT2D eigenvalue weighted by Gasteiger charge is 2.25. The molecule has 1 unspecified atom stereocenters. The van der Waals surface area contributed by atoms with Gasteiger partial charge in [-0.2, -0.15) is 0 Å². The second-order valence-corrected chi connectivity index (χ2v) is 5.42. The lowest BCUT2D eigenvalue weighted by Crippen LogP contribution is -2.40. The average molecular weight is 266 g/mol. The van der Waals surface area contributed by atoms with Crippen LogP contribution in [0.5, 0.6) is 0 Å². The van der Waals surface area contributed by atoms with Crippen molar-refractivity contribution in [3.8, 4) is 0 Å². The van der Waals surface area contributed by atoms with E-state index in [4.69, 9.17) is 0 Å². The Morgan fingerprint density at radius 1 is 0.800 bits per heavy atom. The average Bonchev–Trinajstić information content (AvgIpc) is 2.79. The molecule has 2 heteroatoms. The summed E-state index contributed by atoms with van der Waals surface area (Å²) in [6.45, 7) is 3.22. The second-order valence-electron chi connectivity index (χ2n) is 5.42. The molecule has 2 N–H and O–H groups in total. The first-order valence-electron chi connectivity index (χ1n) is 7.49. The van der Waals surface area contributed by atoms with Crippen LogP contribution in [-0.2, 0) is 0 Å². The molecule has 0 bridgehead atoms. The summed E-state index contributed by atoms with van der Waals surface area (Å²) in [6.07, 6.45) is 1.20. The lowest BCUT2D eigenvalue weighted by atomic mass is 9.85. The topological polar surface area (TPSA) is 24.1 Å². The third-order valence-electron chi connectivity index (χ3n) is 4.02. The highest BCUT2D eigenvalue weighted by Crippen LogP contribution is 2.28. The molecule has 0 radical (unpaired) electrons. The predicted molar refractivity (Wildman–Crippen MR) is 84.0 cm³/mol. The smallest absolute Gasteiger partial charge is 0.0301 e. The maximum atomic E-state index is 3.72. The van der Waals surface area contributed by atoms with Gasteiger partial charge in [-0.25, -0.2) is 0 Å². The van der Waals surface area contributed by atoms with Gasteiger partial charge in [-0.15, -0.1) is 0 Å². The number of hydrogen-bond acceptors (Lipinski definition) is 2. The van der Waals surface area contributed by atoms with Gasteiger partial charge in [0.25, 0.3) is 0 Å². The van der Waals surface area contributed by atoms with Crippen molar-refractivity contribution in [1.82, 2.24) is 10.6 Å². The molecule has 1 saturated heterocycles. The first-order chi connectivity index (χ1) is 9.95. The minimum atomic E-state index is 0.406. The normalized spacial score (nSPS) is 19.8. The van der Waals surface area contributed by atoms with Crippen molar-refractivity contribution in [3.05, 3.63) is 71.8 Å². The fraction of sp³-hybridized carbons (Fsp3) is 0.333. The molecule has 3 rings (SSSR count). The van der Waals surface area contributed by atoms with Crippen molar-refractivity contribution in [2.24, 2.45) is 0 Å². The lowest BCUT2D eigenvalue weighted by Gasteiger charge is -2.28. The van der Waals surface area contributed by atoms with Gasteiger partial charge in [0.05, 0.1) is 0 Å². The van der Waals surface area contributed by atoms with Crippen LogP contribution < -0.4 is 10.6 Å². The maximum absolute atomic E-state index is 3.72. The van der Waals surface area contributed by atoms with Gasteiger partial charge in [0.15, 0.2) is 0 Å². The third-order valence-corrected chi connectivity index (χ3v) is 4.02.